The highest BCUT2D eigenvalue weighted by Crippen LogP contribution is 1.85. The molecular weight excluding hydrogens is 65.8 g/mol. The Morgan fingerprint density at radius 3 is 2.50 bits per heavy atom. The van der Waals surface area contributed by atoms with E-state index in [-0.39, 0.29) is 0 Å². The van der Waals surface area contributed by atoms with Crippen molar-refractivity contribution in [1.29, 1.82) is 0 Å². The second kappa shape index (κ2) is 1.78. The molecule has 0 amide bonds. The van der Waals surface area contributed by atoms with Gasteiger partial charge in [0.25, 0.3) is 0 Å². The van der Waals surface area contributed by atoms with Crippen LogP contribution in [-0.4, -0.2) is 13.4 Å². The molecule has 0 rings (SSSR count). The van der Waals surface area contributed by atoms with Gasteiger partial charge in [0.15, 0.2) is 0 Å². The molecule has 0 bridgehead atoms. The monoisotopic (exact) mass is 74.0 g/mol. The van der Waals surface area contributed by atoms with Gasteiger partial charge >= 0.3 is 0 Å². The van der Waals surface area contributed by atoms with Gasteiger partial charge in [0.2, 0.25) is 0 Å². The van der Waals surface area contributed by atoms with E-state index in [0.717, 1.165) is 0 Å². The Morgan fingerprint density at radius 2 is 2.50 bits per heavy atom. The average Bonchev–Trinajstić information content (AvgIpc) is 0.722. The first-order valence-electron chi connectivity index (χ1n) is 1.58. The second-order valence-electron chi connectivity index (χ2n) is 0.744. The largest absolute Gasteiger partial charge is 0.144 e. The zero-order valence-electron chi connectivity index (χ0n) is 3.65. The van der Waals surface area contributed by atoms with Crippen molar-refractivity contribution < 1.29 is 1.37 Å². The third kappa shape index (κ3) is 22.8. The van der Waals surface area contributed by atoms with Gasteiger partial charge in [0.1, 0.15) is 0 Å². The van der Waals surface area contributed by atoms with Crippen LogP contribution in [0.25, 0.3) is 0 Å². The lowest BCUT2D eigenvalue weighted by atomic mass is 10.1. The highest BCUT2D eigenvalue weighted by molar-refractivity contribution is 7.20. The van der Waals surface area contributed by atoms with Crippen molar-refractivity contribution in [2.24, 2.45) is 0 Å². The van der Waals surface area contributed by atoms with E-state index in [4.69, 9.17) is 9.22 Å². The SMILES string of the molecule is [3H]C([B])(C)P. The number of hydrogen-bond acceptors (Lipinski definition) is 0. The summed E-state index contributed by atoms with van der Waals surface area (Å²) in [4.78, 5) is 0. The minimum Gasteiger partial charge on any atom is -0.144 e. The standard InChI is InChI=1S/C2H6BP/c1-2(3)4/h2H,4H2,1H3/i2T. The van der Waals surface area contributed by atoms with E-state index in [0.29, 0.717) is 0 Å². The summed E-state index contributed by atoms with van der Waals surface area (Å²) in [6, 6.07) is 0. The molecule has 0 saturated carbocycles. The lowest BCUT2D eigenvalue weighted by molar-refractivity contribution is 1.41. The van der Waals surface area contributed by atoms with Gasteiger partial charge in [0, 0.05) is 1.37 Å². The molecule has 0 spiro atoms. The molecule has 0 aliphatic carbocycles. The summed E-state index contributed by atoms with van der Waals surface area (Å²) in [5.41, 5.74) is -0.833. The molecule has 0 aliphatic heterocycles. The van der Waals surface area contributed by atoms with Crippen molar-refractivity contribution in [3.05, 3.63) is 0 Å². The van der Waals surface area contributed by atoms with Crippen molar-refractivity contribution >= 4 is 17.1 Å². The van der Waals surface area contributed by atoms with Crippen LogP contribution in [0, 0.1) is 0 Å². The fraction of sp³-hybridized carbons (Fsp3) is 1.00. The van der Waals surface area contributed by atoms with Crippen LogP contribution in [0.15, 0.2) is 0 Å². The van der Waals surface area contributed by atoms with E-state index in [1.165, 1.54) is 0 Å². The first kappa shape index (κ1) is 2.72. The highest BCUT2D eigenvalue weighted by Gasteiger charge is 1.68. The zero-order valence-corrected chi connectivity index (χ0v) is 3.81. The van der Waals surface area contributed by atoms with E-state index in [1.807, 2.05) is 0 Å². The smallest absolute Gasteiger partial charge is 0.0752 e. The number of hydrogen-bond donors (Lipinski definition) is 0. The quantitative estimate of drug-likeness (QED) is 0.287. The van der Waals surface area contributed by atoms with Crippen LogP contribution in [0.4, 0.5) is 0 Å². The van der Waals surface area contributed by atoms with Crippen LogP contribution in [0.2, 0.25) is 0 Å². The maximum atomic E-state index is 6.68. The topological polar surface area (TPSA) is 0 Å². The van der Waals surface area contributed by atoms with Gasteiger partial charge < -0.3 is 0 Å². The van der Waals surface area contributed by atoms with E-state index in [2.05, 4.69) is 9.24 Å². The lowest BCUT2D eigenvalue weighted by Crippen LogP contribution is -1.80. The summed E-state index contributed by atoms with van der Waals surface area (Å²) >= 11 is 0. The molecule has 2 unspecified atom stereocenters. The van der Waals surface area contributed by atoms with Gasteiger partial charge in [-0.1, -0.05) is 12.5 Å². The van der Waals surface area contributed by atoms with E-state index < -0.39 is 5.53 Å². The average molecular weight is 73.9 g/mol. The Morgan fingerprint density at radius 1 is 2.50 bits per heavy atom. The van der Waals surface area contributed by atoms with E-state index in [9.17, 15) is 0 Å². The Kier molecular flexibility index (Phi) is 1.21. The van der Waals surface area contributed by atoms with Gasteiger partial charge in [0.05, 0.1) is 7.85 Å². The van der Waals surface area contributed by atoms with Crippen molar-refractivity contribution in [3.8, 4) is 0 Å². The fourth-order valence-electron chi connectivity index (χ4n) is 0. The van der Waals surface area contributed by atoms with Crippen molar-refractivity contribution in [3.63, 3.8) is 0 Å². The molecule has 0 nitrogen and oxygen atoms in total. The Balaban J connectivity index is 3.02. The third-order valence-electron chi connectivity index (χ3n) is 0. The van der Waals surface area contributed by atoms with Gasteiger partial charge in [-0.2, -0.15) is 0 Å². The van der Waals surface area contributed by atoms with E-state index >= 15 is 0 Å². The molecular formula is C2H6BP. The summed E-state index contributed by atoms with van der Waals surface area (Å²) in [6.45, 7) is 1.59. The van der Waals surface area contributed by atoms with Crippen LogP contribution in [-0.2, 0) is 0 Å². The second-order valence-corrected chi connectivity index (χ2v) is 1.65. The van der Waals surface area contributed by atoms with Crippen molar-refractivity contribution in [2.75, 3.05) is 0 Å². The van der Waals surface area contributed by atoms with Crippen molar-refractivity contribution in [1.82, 2.24) is 0 Å². The molecule has 0 aromatic heterocycles. The van der Waals surface area contributed by atoms with Gasteiger partial charge in [-0.25, -0.2) is 0 Å². The molecule has 0 fully saturated rings. The molecule has 2 atom stereocenters. The Hall–Kier alpha value is 0.495. The van der Waals surface area contributed by atoms with Crippen LogP contribution in [0.1, 0.15) is 8.29 Å². The molecule has 2 heteroatoms. The maximum Gasteiger partial charge on any atom is 0.0752 e. The van der Waals surface area contributed by atoms with Crippen LogP contribution < -0.4 is 0 Å². The first-order chi connectivity index (χ1) is 2.00. The summed E-state index contributed by atoms with van der Waals surface area (Å²) < 4.78 is 6.68. The minimum absolute atomic E-state index is 0.833. The molecule has 0 aliphatic rings. The predicted octanol–water partition coefficient (Wildman–Crippen LogP) is 0.376. The van der Waals surface area contributed by atoms with Crippen LogP contribution in [0.5, 0.6) is 0 Å². The van der Waals surface area contributed by atoms with Crippen LogP contribution in [0.3, 0.4) is 0 Å². The zero-order chi connectivity index (χ0) is 4.50. The Labute approximate surface area is 32.0 Å². The molecule has 2 radical (unpaired) electrons. The Bertz CT molecular complexity index is 25.1. The van der Waals surface area contributed by atoms with Gasteiger partial charge in [-0.15, -0.1) is 9.24 Å². The highest BCUT2D eigenvalue weighted by atomic mass is 31.0. The molecule has 0 heterocycles. The predicted molar refractivity (Wildman–Crippen MR) is 24.9 cm³/mol. The lowest BCUT2D eigenvalue weighted by Gasteiger charge is -1.79. The summed E-state index contributed by atoms with van der Waals surface area (Å²) in [5.74, 6) is 0. The molecule has 22 valence electrons. The summed E-state index contributed by atoms with van der Waals surface area (Å²) in [6.07, 6.45) is 0. The van der Waals surface area contributed by atoms with Crippen LogP contribution >= 0.6 is 9.24 Å². The molecule has 0 N–H and O–H groups in total. The molecule has 0 aromatic rings. The molecule has 0 saturated heterocycles. The first-order valence-corrected chi connectivity index (χ1v) is 1.65. The van der Waals surface area contributed by atoms with Crippen molar-refractivity contribution in [2.45, 2.75) is 12.5 Å². The fourth-order valence-corrected chi connectivity index (χ4v) is 0. The molecule has 4 heavy (non-hydrogen) atoms. The minimum atomic E-state index is -0.833. The maximum absolute atomic E-state index is 6.68. The van der Waals surface area contributed by atoms with Gasteiger partial charge in [-0.05, 0) is 0 Å². The summed E-state index contributed by atoms with van der Waals surface area (Å²) in [7, 11) is 7.14. The molecule has 0 aromatic carbocycles. The summed E-state index contributed by atoms with van der Waals surface area (Å²) in [5, 5.41) is 0. The number of rotatable bonds is 0. The normalized spacial score (nSPS) is 27.0. The van der Waals surface area contributed by atoms with Gasteiger partial charge in [-0.3, -0.25) is 0 Å². The van der Waals surface area contributed by atoms with E-state index in [1.54, 1.807) is 6.92 Å². The third-order valence-corrected chi connectivity index (χ3v) is 0.